The second-order valence-electron chi connectivity index (χ2n) is 3.74. The molecule has 0 spiro atoms. The van der Waals surface area contributed by atoms with Crippen molar-refractivity contribution in [1.29, 1.82) is 0 Å². The summed E-state index contributed by atoms with van der Waals surface area (Å²) in [7, 11) is 0. The fourth-order valence-electron chi connectivity index (χ4n) is 1.31. The molecule has 0 saturated carbocycles. The van der Waals surface area contributed by atoms with Gasteiger partial charge in [-0.3, -0.25) is 4.79 Å². The zero-order valence-corrected chi connectivity index (χ0v) is 9.34. The molecular weight excluding hydrogens is 188 g/mol. The van der Waals surface area contributed by atoms with E-state index in [2.05, 4.69) is 12.2 Å². The number of carbonyl (C=O) groups excluding carboxylic acids is 1. The summed E-state index contributed by atoms with van der Waals surface area (Å²) in [5, 5.41) is 2.85. The van der Waals surface area contributed by atoms with E-state index < -0.39 is 0 Å². The third kappa shape index (κ3) is 3.72. The number of aryl methyl sites for hydroxylation is 2. The lowest BCUT2D eigenvalue weighted by molar-refractivity contribution is -0.116. The first-order valence-electron chi connectivity index (χ1n) is 5.20. The van der Waals surface area contributed by atoms with Gasteiger partial charge in [-0.25, -0.2) is 0 Å². The first-order chi connectivity index (χ1) is 7.13. The molecule has 0 saturated heterocycles. The number of nitrogens with one attached hydrogen (secondary N) is 1. The molecule has 0 aliphatic carbocycles. The Morgan fingerprint density at radius 2 is 2.07 bits per heavy atom. The fraction of sp³-hybridized carbons (Fsp3) is 0.417. The van der Waals surface area contributed by atoms with Gasteiger partial charge in [0.15, 0.2) is 0 Å². The molecule has 82 valence electrons. The van der Waals surface area contributed by atoms with E-state index in [1.165, 1.54) is 11.1 Å². The van der Waals surface area contributed by atoms with Crippen molar-refractivity contribution in [1.82, 2.24) is 0 Å². The highest BCUT2D eigenvalue weighted by molar-refractivity contribution is 5.90. The zero-order chi connectivity index (χ0) is 11.3. The topological polar surface area (TPSA) is 55.1 Å². The molecule has 1 aromatic carbocycles. The van der Waals surface area contributed by atoms with Gasteiger partial charge in [-0.05, 0) is 50.1 Å². The SMILES string of the molecule is Cc1ccc(NC(=O)CCCN)cc1C. The molecule has 0 aromatic heterocycles. The number of nitrogens with two attached hydrogens (primary N) is 1. The molecule has 15 heavy (non-hydrogen) atoms. The van der Waals surface area contributed by atoms with Crippen molar-refractivity contribution in [2.24, 2.45) is 5.73 Å². The average Bonchev–Trinajstić information content (AvgIpc) is 2.20. The lowest BCUT2D eigenvalue weighted by Gasteiger charge is -2.07. The van der Waals surface area contributed by atoms with Gasteiger partial charge in [-0.1, -0.05) is 6.07 Å². The lowest BCUT2D eigenvalue weighted by Crippen LogP contribution is -2.13. The van der Waals surface area contributed by atoms with E-state index in [9.17, 15) is 4.79 Å². The second kappa shape index (κ2) is 5.51. The Hall–Kier alpha value is -1.35. The van der Waals surface area contributed by atoms with E-state index in [0.717, 1.165) is 12.1 Å². The van der Waals surface area contributed by atoms with Gasteiger partial charge in [0.25, 0.3) is 0 Å². The highest BCUT2D eigenvalue weighted by Gasteiger charge is 2.02. The van der Waals surface area contributed by atoms with E-state index in [1.807, 2.05) is 25.1 Å². The number of hydrogen-bond donors (Lipinski definition) is 2. The largest absolute Gasteiger partial charge is 0.330 e. The third-order valence-electron chi connectivity index (χ3n) is 2.40. The molecule has 0 heterocycles. The predicted octanol–water partition coefficient (Wildman–Crippen LogP) is 1.98. The van der Waals surface area contributed by atoms with Crippen LogP contribution < -0.4 is 11.1 Å². The second-order valence-corrected chi connectivity index (χ2v) is 3.74. The van der Waals surface area contributed by atoms with Crippen LogP contribution in [0.15, 0.2) is 18.2 Å². The van der Waals surface area contributed by atoms with Crippen molar-refractivity contribution < 1.29 is 4.79 Å². The number of rotatable bonds is 4. The van der Waals surface area contributed by atoms with Gasteiger partial charge in [-0.15, -0.1) is 0 Å². The third-order valence-corrected chi connectivity index (χ3v) is 2.40. The Balaban J connectivity index is 2.57. The highest BCUT2D eigenvalue weighted by Crippen LogP contribution is 2.14. The standard InChI is InChI=1S/C12H18N2O/c1-9-5-6-11(8-10(9)2)14-12(15)4-3-7-13/h5-6,8H,3-4,7,13H2,1-2H3,(H,14,15). The molecule has 3 N–H and O–H groups in total. The highest BCUT2D eigenvalue weighted by atomic mass is 16.1. The quantitative estimate of drug-likeness (QED) is 0.791. The van der Waals surface area contributed by atoms with Crippen molar-refractivity contribution in [3.05, 3.63) is 29.3 Å². The minimum Gasteiger partial charge on any atom is -0.330 e. The maximum Gasteiger partial charge on any atom is 0.224 e. The molecule has 3 nitrogen and oxygen atoms in total. The van der Waals surface area contributed by atoms with Crippen LogP contribution in [0.2, 0.25) is 0 Å². The van der Waals surface area contributed by atoms with Crippen LogP contribution in [0.3, 0.4) is 0 Å². The van der Waals surface area contributed by atoms with Crippen LogP contribution in [0.4, 0.5) is 5.69 Å². The molecular formula is C12H18N2O. The maximum atomic E-state index is 11.4. The van der Waals surface area contributed by atoms with Gasteiger partial charge in [0.1, 0.15) is 0 Å². The first-order valence-corrected chi connectivity index (χ1v) is 5.20. The summed E-state index contributed by atoms with van der Waals surface area (Å²) in [5.74, 6) is 0.0312. The number of carbonyl (C=O) groups is 1. The molecule has 0 fully saturated rings. The van der Waals surface area contributed by atoms with Gasteiger partial charge < -0.3 is 11.1 Å². The molecule has 0 unspecified atom stereocenters. The summed E-state index contributed by atoms with van der Waals surface area (Å²) in [6.07, 6.45) is 1.22. The number of anilines is 1. The Morgan fingerprint density at radius 1 is 1.33 bits per heavy atom. The number of amides is 1. The van der Waals surface area contributed by atoms with Crippen LogP contribution in [0, 0.1) is 13.8 Å². The average molecular weight is 206 g/mol. The van der Waals surface area contributed by atoms with Gasteiger partial charge in [0.05, 0.1) is 0 Å². The van der Waals surface area contributed by atoms with E-state index in [4.69, 9.17) is 5.73 Å². The van der Waals surface area contributed by atoms with Gasteiger partial charge in [0, 0.05) is 12.1 Å². The minimum atomic E-state index is 0.0312. The molecule has 0 radical (unpaired) electrons. The molecule has 3 heteroatoms. The molecule has 0 aliphatic rings. The first kappa shape index (κ1) is 11.7. The van der Waals surface area contributed by atoms with E-state index in [0.29, 0.717) is 13.0 Å². The zero-order valence-electron chi connectivity index (χ0n) is 9.34. The summed E-state index contributed by atoms with van der Waals surface area (Å²) >= 11 is 0. The molecule has 1 rings (SSSR count). The Morgan fingerprint density at radius 3 is 2.67 bits per heavy atom. The van der Waals surface area contributed by atoms with Crippen LogP contribution >= 0.6 is 0 Å². The van der Waals surface area contributed by atoms with Crippen LogP contribution in [-0.2, 0) is 4.79 Å². The summed E-state index contributed by atoms with van der Waals surface area (Å²) in [4.78, 5) is 11.4. The van der Waals surface area contributed by atoms with E-state index >= 15 is 0 Å². The van der Waals surface area contributed by atoms with Crippen LogP contribution in [-0.4, -0.2) is 12.5 Å². The minimum absolute atomic E-state index is 0.0312. The molecule has 0 aliphatic heterocycles. The van der Waals surface area contributed by atoms with E-state index in [-0.39, 0.29) is 5.91 Å². The summed E-state index contributed by atoms with van der Waals surface area (Å²) in [5.41, 5.74) is 8.61. The van der Waals surface area contributed by atoms with Gasteiger partial charge in [-0.2, -0.15) is 0 Å². The van der Waals surface area contributed by atoms with Crippen LogP contribution in [0.5, 0.6) is 0 Å². The number of hydrogen-bond acceptors (Lipinski definition) is 2. The normalized spacial score (nSPS) is 10.1. The lowest BCUT2D eigenvalue weighted by atomic mass is 10.1. The van der Waals surface area contributed by atoms with E-state index in [1.54, 1.807) is 0 Å². The van der Waals surface area contributed by atoms with Crippen molar-refractivity contribution in [2.75, 3.05) is 11.9 Å². The maximum absolute atomic E-state index is 11.4. The van der Waals surface area contributed by atoms with Crippen molar-refractivity contribution in [2.45, 2.75) is 26.7 Å². The van der Waals surface area contributed by atoms with Crippen molar-refractivity contribution in [3.63, 3.8) is 0 Å². The Bertz CT molecular complexity index is 347. The molecule has 1 aromatic rings. The molecule has 0 atom stereocenters. The summed E-state index contributed by atoms with van der Waals surface area (Å²) < 4.78 is 0. The van der Waals surface area contributed by atoms with Crippen LogP contribution in [0.1, 0.15) is 24.0 Å². The fourth-order valence-corrected chi connectivity index (χ4v) is 1.31. The summed E-state index contributed by atoms with van der Waals surface area (Å²) in [6, 6.07) is 5.91. The predicted molar refractivity (Wildman–Crippen MR) is 62.8 cm³/mol. The van der Waals surface area contributed by atoms with Crippen LogP contribution in [0.25, 0.3) is 0 Å². The smallest absolute Gasteiger partial charge is 0.224 e. The van der Waals surface area contributed by atoms with Gasteiger partial charge >= 0.3 is 0 Å². The Kier molecular flexibility index (Phi) is 4.31. The Labute approximate surface area is 90.7 Å². The van der Waals surface area contributed by atoms with Gasteiger partial charge in [0.2, 0.25) is 5.91 Å². The van der Waals surface area contributed by atoms with Crippen molar-refractivity contribution >= 4 is 11.6 Å². The summed E-state index contributed by atoms with van der Waals surface area (Å²) in [6.45, 7) is 4.64. The molecule has 0 bridgehead atoms. The monoisotopic (exact) mass is 206 g/mol. The molecule has 1 amide bonds. The van der Waals surface area contributed by atoms with Crippen molar-refractivity contribution in [3.8, 4) is 0 Å². The number of benzene rings is 1.